The predicted octanol–water partition coefficient (Wildman–Crippen LogP) is 5.54. The van der Waals surface area contributed by atoms with Crippen LogP contribution >= 0.6 is 22.6 Å². The normalized spacial score (nSPS) is 24.4. The number of anilines is 1. The molecule has 3 unspecified atom stereocenters. The van der Waals surface area contributed by atoms with Gasteiger partial charge in [-0.3, -0.25) is 19.3 Å². The van der Waals surface area contributed by atoms with Crippen LogP contribution in [0.3, 0.4) is 0 Å². The molecule has 3 aromatic rings. The van der Waals surface area contributed by atoms with E-state index < -0.39 is 17.9 Å². The van der Waals surface area contributed by atoms with E-state index >= 15 is 0 Å². The Balaban J connectivity index is 1.41. The van der Waals surface area contributed by atoms with Crippen molar-refractivity contribution in [2.45, 2.75) is 38.1 Å². The molecule has 3 aromatic carbocycles. The Hall–Kier alpha value is -3.00. The molecule has 3 aliphatic carbocycles. The molecule has 3 atom stereocenters. The van der Waals surface area contributed by atoms with Gasteiger partial charge in [-0.1, -0.05) is 62.4 Å². The van der Waals surface area contributed by atoms with Gasteiger partial charge in [-0.2, -0.15) is 0 Å². The fourth-order valence-corrected chi connectivity index (χ4v) is 6.90. The van der Waals surface area contributed by atoms with Crippen LogP contribution in [0.1, 0.15) is 54.4 Å². The zero-order valence-electron chi connectivity index (χ0n) is 20.1. The summed E-state index contributed by atoms with van der Waals surface area (Å²) in [5, 5.41) is 2.96. The number of likely N-dealkylation sites (tertiary alicyclic amines) is 1. The molecule has 1 aliphatic heterocycles. The number of rotatable bonds is 5. The Bertz CT molecular complexity index is 1270. The zero-order valence-corrected chi connectivity index (χ0v) is 22.3. The second-order valence-electron chi connectivity index (χ2n) is 10.5. The van der Waals surface area contributed by atoms with Crippen molar-refractivity contribution in [3.8, 4) is 0 Å². The highest BCUT2D eigenvalue weighted by atomic mass is 127. The number of carbonyl (C=O) groups excluding carboxylic acids is 3. The molecule has 1 N–H and O–H groups in total. The van der Waals surface area contributed by atoms with Gasteiger partial charge in [-0.05, 0) is 81.4 Å². The summed E-state index contributed by atoms with van der Waals surface area (Å²) >= 11 is 2.21. The van der Waals surface area contributed by atoms with Gasteiger partial charge in [0.05, 0.1) is 11.8 Å². The molecule has 5 nitrogen and oxygen atoms in total. The fourth-order valence-electron chi connectivity index (χ4n) is 6.54. The van der Waals surface area contributed by atoms with Gasteiger partial charge >= 0.3 is 0 Å². The Morgan fingerprint density at radius 3 is 1.67 bits per heavy atom. The molecule has 6 heteroatoms. The summed E-state index contributed by atoms with van der Waals surface area (Å²) in [6, 6.07) is 23.1. The average Bonchev–Trinajstić information content (AvgIpc) is 3.14. The van der Waals surface area contributed by atoms with Crippen molar-refractivity contribution in [3.05, 3.63) is 98.6 Å². The lowest BCUT2D eigenvalue weighted by Crippen LogP contribution is -2.48. The number of imide groups is 1. The molecule has 7 rings (SSSR count). The molecule has 1 fully saturated rings. The van der Waals surface area contributed by atoms with Crippen LogP contribution in [0.2, 0.25) is 0 Å². The van der Waals surface area contributed by atoms with Gasteiger partial charge in [0.2, 0.25) is 17.7 Å². The lowest BCUT2D eigenvalue weighted by molar-refractivity contribution is -0.147. The molecule has 4 aliphatic rings. The number of amides is 3. The molecule has 1 heterocycles. The summed E-state index contributed by atoms with van der Waals surface area (Å²) < 4.78 is 1.06. The highest BCUT2D eigenvalue weighted by Crippen LogP contribution is 2.61. The molecule has 0 aromatic heterocycles. The van der Waals surface area contributed by atoms with Crippen molar-refractivity contribution in [2.75, 3.05) is 5.32 Å². The molecular weight excluding hydrogens is 563 g/mol. The maximum absolute atomic E-state index is 14.1. The number of benzene rings is 3. The van der Waals surface area contributed by atoms with E-state index in [2.05, 4.69) is 52.2 Å². The van der Waals surface area contributed by atoms with Gasteiger partial charge in [0, 0.05) is 21.1 Å². The molecule has 3 amide bonds. The number of hydrogen-bond donors (Lipinski definition) is 1. The predicted molar refractivity (Wildman–Crippen MR) is 146 cm³/mol. The standard InChI is InChI=1S/C30H27IN2O3/c1-16(2)15-23(28(34)32-18-13-11-17(31)12-14-18)33-29(35)26-24-19-7-3-4-8-20(19)25(27(26)30(33)36)22-10-6-5-9-21(22)24/h3-14,16,23-27H,15H2,1-2H3,(H,32,34). The van der Waals surface area contributed by atoms with Crippen LogP contribution in [0.5, 0.6) is 0 Å². The molecule has 36 heavy (non-hydrogen) atoms. The molecule has 0 radical (unpaired) electrons. The summed E-state index contributed by atoms with van der Waals surface area (Å²) in [6.07, 6.45) is 0.419. The molecule has 2 bridgehead atoms. The summed E-state index contributed by atoms with van der Waals surface area (Å²) in [5.74, 6) is -1.92. The Morgan fingerprint density at radius 2 is 1.25 bits per heavy atom. The van der Waals surface area contributed by atoms with E-state index in [9.17, 15) is 14.4 Å². The van der Waals surface area contributed by atoms with Crippen LogP contribution in [0.4, 0.5) is 5.69 Å². The minimum atomic E-state index is -0.847. The first kappa shape index (κ1) is 23.4. The van der Waals surface area contributed by atoms with Crippen molar-refractivity contribution >= 4 is 46.0 Å². The Labute approximate surface area is 224 Å². The van der Waals surface area contributed by atoms with Crippen LogP contribution in [-0.2, 0) is 14.4 Å². The molecule has 1 saturated heterocycles. The van der Waals surface area contributed by atoms with E-state index in [0.29, 0.717) is 12.1 Å². The monoisotopic (exact) mass is 590 g/mol. The topological polar surface area (TPSA) is 66.5 Å². The highest BCUT2D eigenvalue weighted by molar-refractivity contribution is 14.1. The van der Waals surface area contributed by atoms with Crippen LogP contribution in [-0.4, -0.2) is 28.7 Å². The average molecular weight is 590 g/mol. The van der Waals surface area contributed by atoms with Crippen LogP contribution < -0.4 is 5.32 Å². The first-order valence-electron chi connectivity index (χ1n) is 12.5. The van der Waals surface area contributed by atoms with Gasteiger partial charge in [-0.15, -0.1) is 0 Å². The lowest BCUT2D eigenvalue weighted by Gasteiger charge is -2.45. The summed E-state index contributed by atoms with van der Waals surface area (Å²) in [4.78, 5) is 43.1. The van der Waals surface area contributed by atoms with Crippen molar-refractivity contribution in [3.63, 3.8) is 0 Å². The largest absolute Gasteiger partial charge is 0.324 e. The van der Waals surface area contributed by atoms with Gasteiger partial charge in [0.25, 0.3) is 0 Å². The minimum absolute atomic E-state index is 0.131. The molecule has 0 spiro atoms. The van der Waals surface area contributed by atoms with Gasteiger partial charge in [0.15, 0.2) is 0 Å². The Morgan fingerprint density at radius 1 is 0.806 bits per heavy atom. The number of carbonyl (C=O) groups is 3. The van der Waals surface area contributed by atoms with Crippen LogP contribution in [0.25, 0.3) is 0 Å². The van der Waals surface area contributed by atoms with E-state index in [0.717, 1.165) is 25.8 Å². The van der Waals surface area contributed by atoms with Gasteiger partial charge < -0.3 is 5.32 Å². The number of nitrogens with one attached hydrogen (secondary N) is 1. The number of halogens is 1. The van der Waals surface area contributed by atoms with Crippen molar-refractivity contribution < 1.29 is 14.4 Å². The summed E-state index contributed by atoms with van der Waals surface area (Å²) in [6.45, 7) is 4.03. The Kier molecular flexibility index (Phi) is 5.74. The number of nitrogens with zero attached hydrogens (tertiary/aromatic N) is 1. The van der Waals surface area contributed by atoms with Gasteiger partial charge in [-0.25, -0.2) is 0 Å². The second kappa shape index (κ2) is 8.83. The first-order valence-corrected chi connectivity index (χ1v) is 13.6. The van der Waals surface area contributed by atoms with Gasteiger partial charge in [0.1, 0.15) is 6.04 Å². The van der Waals surface area contributed by atoms with Crippen molar-refractivity contribution in [2.24, 2.45) is 17.8 Å². The third-order valence-corrected chi connectivity index (χ3v) is 8.62. The van der Waals surface area contributed by atoms with Crippen molar-refractivity contribution in [1.82, 2.24) is 4.90 Å². The smallest absolute Gasteiger partial charge is 0.247 e. The summed E-state index contributed by atoms with van der Waals surface area (Å²) in [5.41, 5.74) is 5.19. The van der Waals surface area contributed by atoms with E-state index in [1.54, 1.807) is 0 Å². The third kappa shape index (κ3) is 3.52. The van der Waals surface area contributed by atoms with E-state index in [1.807, 2.05) is 62.4 Å². The minimum Gasteiger partial charge on any atom is -0.324 e. The van der Waals surface area contributed by atoms with Crippen molar-refractivity contribution in [1.29, 1.82) is 0 Å². The highest BCUT2D eigenvalue weighted by Gasteiger charge is 2.63. The van der Waals surface area contributed by atoms with E-state index in [1.165, 1.54) is 4.90 Å². The summed E-state index contributed by atoms with van der Waals surface area (Å²) in [7, 11) is 0. The van der Waals surface area contributed by atoms with Crippen LogP contribution in [0.15, 0.2) is 72.8 Å². The quantitative estimate of drug-likeness (QED) is 0.314. The van der Waals surface area contributed by atoms with E-state index in [4.69, 9.17) is 0 Å². The maximum atomic E-state index is 14.1. The fraction of sp³-hybridized carbons (Fsp3) is 0.300. The lowest BCUT2D eigenvalue weighted by atomic mass is 9.55. The maximum Gasteiger partial charge on any atom is 0.247 e. The third-order valence-electron chi connectivity index (χ3n) is 7.90. The SMILES string of the molecule is CC(C)CC(C(=O)Nc1ccc(I)cc1)N1C(=O)C2C3c4ccccc4C(c4ccccc43)C2C1=O. The number of hydrogen-bond acceptors (Lipinski definition) is 3. The first-order chi connectivity index (χ1) is 17.4. The zero-order chi connectivity index (χ0) is 25.1. The van der Waals surface area contributed by atoms with Crippen LogP contribution in [0, 0.1) is 21.3 Å². The molecule has 182 valence electrons. The van der Waals surface area contributed by atoms with E-state index in [-0.39, 0.29) is 35.5 Å². The second-order valence-corrected chi connectivity index (χ2v) is 11.7. The molecule has 0 saturated carbocycles. The molecular formula is C30H27IN2O3.